The Kier molecular flexibility index (Phi) is 3.14. The zero-order valence-electron chi connectivity index (χ0n) is 10.9. The van der Waals surface area contributed by atoms with Crippen molar-refractivity contribution in [1.29, 1.82) is 5.26 Å². The maximum absolute atomic E-state index is 12.6. The monoisotopic (exact) mass is 332 g/mol. The second kappa shape index (κ2) is 4.71. The summed E-state index contributed by atoms with van der Waals surface area (Å²) in [6.45, 7) is 0. The van der Waals surface area contributed by atoms with E-state index in [-0.39, 0.29) is 11.8 Å². The molecule has 20 heavy (non-hydrogen) atoms. The molecule has 1 saturated carbocycles. The molecule has 1 aliphatic carbocycles. The zero-order chi connectivity index (χ0) is 14.3. The van der Waals surface area contributed by atoms with Crippen molar-refractivity contribution < 1.29 is 9.59 Å². The summed E-state index contributed by atoms with van der Waals surface area (Å²) in [5.74, 6) is -0.671. The van der Waals surface area contributed by atoms with E-state index in [1.54, 1.807) is 18.2 Å². The highest BCUT2D eigenvalue weighted by Gasteiger charge is 2.49. The van der Waals surface area contributed by atoms with Crippen molar-refractivity contribution in [2.75, 3.05) is 0 Å². The number of nitrogens with zero attached hydrogens (tertiary/aromatic N) is 2. The molecule has 3 rings (SSSR count). The van der Waals surface area contributed by atoms with Crippen LogP contribution in [-0.4, -0.2) is 22.3 Å². The first kappa shape index (κ1) is 13.3. The fraction of sp³-hybridized carbons (Fsp3) is 0.400. The van der Waals surface area contributed by atoms with E-state index in [1.807, 2.05) is 0 Å². The quantitative estimate of drug-likeness (QED) is 0.741. The SMILES string of the molecule is N#CC1(N2C(=O)c3ccc(Br)cc3C2=O)CCCCC1. The van der Waals surface area contributed by atoms with Gasteiger partial charge in [0, 0.05) is 4.47 Å². The Morgan fingerprint density at radius 3 is 2.40 bits per heavy atom. The predicted octanol–water partition coefficient (Wildman–Crippen LogP) is 3.27. The molecule has 0 spiro atoms. The van der Waals surface area contributed by atoms with Crippen LogP contribution in [0.4, 0.5) is 0 Å². The van der Waals surface area contributed by atoms with Crippen molar-refractivity contribution >= 4 is 27.7 Å². The van der Waals surface area contributed by atoms with E-state index in [9.17, 15) is 14.9 Å². The third kappa shape index (κ3) is 1.79. The maximum Gasteiger partial charge on any atom is 0.262 e. The molecule has 102 valence electrons. The molecule has 1 fully saturated rings. The lowest BCUT2D eigenvalue weighted by Crippen LogP contribution is -2.52. The Bertz CT molecular complexity index is 642. The number of amides is 2. The summed E-state index contributed by atoms with van der Waals surface area (Å²) >= 11 is 3.31. The van der Waals surface area contributed by atoms with E-state index in [4.69, 9.17) is 0 Å². The van der Waals surface area contributed by atoms with Crippen LogP contribution in [0.25, 0.3) is 0 Å². The fourth-order valence-electron chi connectivity index (χ4n) is 3.12. The number of halogens is 1. The molecule has 0 saturated heterocycles. The smallest absolute Gasteiger partial charge is 0.262 e. The van der Waals surface area contributed by atoms with Gasteiger partial charge in [0.15, 0.2) is 0 Å². The Hall–Kier alpha value is -1.67. The molecule has 2 aliphatic rings. The first-order valence-electron chi connectivity index (χ1n) is 6.69. The molecular weight excluding hydrogens is 320 g/mol. The van der Waals surface area contributed by atoms with Gasteiger partial charge in [-0.15, -0.1) is 0 Å². The molecule has 1 heterocycles. The summed E-state index contributed by atoms with van der Waals surface area (Å²) < 4.78 is 0.758. The van der Waals surface area contributed by atoms with Gasteiger partial charge in [0.05, 0.1) is 17.2 Å². The van der Waals surface area contributed by atoms with Crippen LogP contribution in [0.2, 0.25) is 0 Å². The van der Waals surface area contributed by atoms with Gasteiger partial charge in [-0.1, -0.05) is 35.2 Å². The van der Waals surface area contributed by atoms with Crippen LogP contribution in [0, 0.1) is 11.3 Å². The summed E-state index contributed by atoms with van der Waals surface area (Å²) in [5, 5.41) is 9.57. The summed E-state index contributed by atoms with van der Waals surface area (Å²) in [4.78, 5) is 26.3. The molecule has 0 radical (unpaired) electrons. The molecule has 1 aliphatic heterocycles. The standard InChI is InChI=1S/C15H13BrN2O2/c16-10-4-5-11-12(8-10)14(20)18(13(11)19)15(9-17)6-2-1-3-7-15/h4-5,8H,1-3,6-7H2. The van der Waals surface area contributed by atoms with E-state index in [0.717, 1.165) is 23.7 Å². The molecule has 5 heteroatoms. The number of carbonyl (C=O) groups is 2. The normalized spacial score (nSPS) is 20.7. The minimum atomic E-state index is -0.960. The fourth-order valence-corrected chi connectivity index (χ4v) is 3.48. The van der Waals surface area contributed by atoms with Gasteiger partial charge < -0.3 is 0 Å². The Balaban J connectivity index is 2.07. The highest BCUT2D eigenvalue weighted by Crippen LogP contribution is 2.39. The molecule has 4 nitrogen and oxygen atoms in total. The van der Waals surface area contributed by atoms with E-state index in [1.165, 1.54) is 4.90 Å². The molecule has 0 aromatic heterocycles. The maximum atomic E-state index is 12.6. The lowest BCUT2D eigenvalue weighted by Gasteiger charge is -2.37. The lowest BCUT2D eigenvalue weighted by atomic mass is 9.81. The van der Waals surface area contributed by atoms with Gasteiger partial charge in [-0.3, -0.25) is 14.5 Å². The number of benzene rings is 1. The largest absolute Gasteiger partial charge is 0.269 e. The minimum absolute atomic E-state index is 0.332. The number of fused-ring (bicyclic) bond motifs is 1. The third-order valence-electron chi connectivity index (χ3n) is 4.17. The molecule has 0 N–H and O–H groups in total. The number of carbonyl (C=O) groups excluding carboxylic acids is 2. The molecule has 0 bridgehead atoms. The van der Waals surface area contributed by atoms with Gasteiger partial charge in [-0.25, -0.2) is 0 Å². The molecule has 1 aromatic carbocycles. The van der Waals surface area contributed by atoms with Crippen molar-refractivity contribution in [1.82, 2.24) is 4.90 Å². The van der Waals surface area contributed by atoms with Gasteiger partial charge in [-0.2, -0.15) is 5.26 Å². The molecule has 0 atom stereocenters. The van der Waals surface area contributed by atoms with Crippen LogP contribution < -0.4 is 0 Å². The minimum Gasteiger partial charge on any atom is -0.269 e. The van der Waals surface area contributed by atoms with E-state index < -0.39 is 5.54 Å². The summed E-state index contributed by atoms with van der Waals surface area (Å²) in [6, 6.07) is 7.29. The van der Waals surface area contributed by atoms with Crippen LogP contribution >= 0.6 is 15.9 Å². The Morgan fingerprint density at radius 1 is 1.10 bits per heavy atom. The first-order valence-corrected chi connectivity index (χ1v) is 7.48. The van der Waals surface area contributed by atoms with Crippen molar-refractivity contribution in [3.8, 4) is 6.07 Å². The van der Waals surface area contributed by atoms with Gasteiger partial charge in [0.25, 0.3) is 11.8 Å². The van der Waals surface area contributed by atoms with Gasteiger partial charge in [0.2, 0.25) is 0 Å². The Morgan fingerprint density at radius 2 is 1.75 bits per heavy atom. The molecule has 0 unspecified atom stereocenters. The number of nitriles is 1. The summed E-state index contributed by atoms with van der Waals surface area (Å²) in [5.41, 5.74) is -0.166. The number of imide groups is 1. The van der Waals surface area contributed by atoms with Crippen LogP contribution in [0.1, 0.15) is 52.8 Å². The average molecular weight is 333 g/mol. The second-order valence-electron chi connectivity index (χ2n) is 5.34. The van der Waals surface area contributed by atoms with Crippen molar-refractivity contribution in [2.24, 2.45) is 0 Å². The predicted molar refractivity (Wildman–Crippen MR) is 76.1 cm³/mol. The van der Waals surface area contributed by atoms with Crippen molar-refractivity contribution in [3.63, 3.8) is 0 Å². The average Bonchev–Trinajstić information content (AvgIpc) is 2.71. The molecule has 1 aromatic rings. The first-order chi connectivity index (χ1) is 9.59. The van der Waals surface area contributed by atoms with E-state index in [0.29, 0.717) is 24.0 Å². The van der Waals surface area contributed by atoms with E-state index in [2.05, 4.69) is 22.0 Å². The summed E-state index contributed by atoms with van der Waals surface area (Å²) in [7, 11) is 0. The van der Waals surface area contributed by atoms with Crippen LogP contribution in [0.3, 0.4) is 0 Å². The number of rotatable bonds is 1. The topological polar surface area (TPSA) is 61.2 Å². The van der Waals surface area contributed by atoms with Crippen LogP contribution in [0.15, 0.2) is 22.7 Å². The molecule has 2 amide bonds. The summed E-state index contributed by atoms with van der Waals surface area (Å²) in [6.07, 6.45) is 3.97. The highest BCUT2D eigenvalue weighted by molar-refractivity contribution is 9.10. The van der Waals surface area contributed by atoms with Gasteiger partial charge in [-0.05, 0) is 31.0 Å². The van der Waals surface area contributed by atoms with Gasteiger partial charge >= 0.3 is 0 Å². The lowest BCUT2D eigenvalue weighted by molar-refractivity contribution is 0.0448. The zero-order valence-corrected chi connectivity index (χ0v) is 12.4. The molecular formula is C15H13BrN2O2. The van der Waals surface area contributed by atoms with Crippen LogP contribution in [-0.2, 0) is 0 Å². The number of hydrogen-bond donors (Lipinski definition) is 0. The number of hydrogen-bond acceptors (Lipinski definition) is 3. The van der Waals surface area contributed by atoms with Crippen molar-refractivity contribution in [2.45, 2.75) is 37.6 Å². The van der Waals surface area contributed by atoms with Crippen LogP contribution in [0.5, 0.6) is 0 Å². The van der Waals surface area contributed by atoms with Crippen molar-refractivity contribution in [3.05, 3.63) is 33.8 Å². The van der Waals surface area contributed by atoms with Gasteiger partial charge in [0.1, 0.15) is 5.54 Å². The van der Waals surface area contributed by atoms with E-state index >= 15 is 0 Å². The highest BCUT2D eigenvalue weighted by atomic mass is 79.9. The Labute approximate surface area is 125 Å². The third-order valence-corrected chi connectivity index (χ3v) is 4.66. The second-order valence-corrected chi connectivity index (χ2v) is 6.26.